The smallest absolute Gasteiger partial charge is 0.268 e. The summed E-state index contributed by atoms with van der Waals surface area (Å²) in [5.41, 5.74) is 3.77. The average Bonchev–Trinajstić information content (AvgIpc) is 3.14. The van der Waals surface area contributed by atoms with E-state index in [1.807, 2.05) is 82.8 Å². The van der Waals surface area contributed by atoms with Crippen molar-refractivity contribution in [3.8, 4) is 0 Å². The Morgan fingerprint density at radius 3 is 2.38 bits per heavy atom. The fourth-order valence-corrected chi connectivity index (χ4v) is 5.07. The predicted octanol–water partition coefficient (Wildman–Crippen LogP) is 5.59. The lowest BCUT2D eigenvalue weighted by Crippen LogP contribution is -2.47. The summed E-state index contributed by atoms with van der Waals surface area (Å²) < 4.78 is 0. The number of aryl methyl sites for hydroxylation is 1. The molecule has 4 rings (SSSR count). The van der Waals surface area contributed by atoms with Crippen LogP contribution >= 0.6 is 11.3 Å². The highest BCUT2D eigenvalue weighted by Gasteiger charge is 2.38. The fraction of sp³-hybridized carbons (Fsp3) is 0.250. The number of thiophene rings is 1. The number of rotatable bonds is 3. The van der Waals surface area contributed by atoms with Crippen LogP contribution in [0.1, 0.15) is 47.1 Å². The van der Waals surface area contributed by atoms with E-state index in [0.29, 0.717) is 6.42 Å². The van der Waals surface area contributed by atoms with E-state index in [0.717, 1.165) is 27.4 Å². The standard InChI is InChI=1S/C24H24N2O2S/c1-16-13-14-29-23(16)24(28)25-17(2)15-22(20-11-7-8-12-21(20)25)26(18(3)27)19-9-5-4-6-10-19/h4-14,17,22H,15H2,1-3H3/t17-,22+/m0/s1. The van der Waals surface area contributed by atoms with Gasteiger partial charge in [-0.2, -0.15) is 0 Å². The van der Waals surface area contributed by atoms with Gasteiger partial charge < -0.3 is 9.80 Å². The van der Waals surface area contributed by atoms with E-state index in [-0.39, 0.29) is 23.9 Å². The van der Waals surface area contributed by atoms with Crippen LogP contribution < -0.4 is 9.80 Å². The van der Waals surface area contributed by atoms with Gasteiger partial charge >= 0.3 is 0 Å². The van der Waals surface area contributed by atoms with E-state index in [4.69, 9.17) is 0 Å². The van der Waals surface area contributed by atoms with Crippen LogP contribution in [0, 0.1) is 6.92 Å². The molecule has 0 aliphatic carbocycles. The first kappa shape index (κ1) is 19.4. The number of carbonyl (C=O) groups excluding carboxylic acids is 2. The van der Waals surface area contributed by atoms with Crippen LogP contribution in [-0.2, 0) is 4.79 Å². The topological polar surface area (TPSA) is 40.6 Å². The molecule has 0 fully saturated rings. The van der Waals surface area contributed by atoms with Gasteiger partial charge in [-0.3, -0.25) is 9.59 Å². The Hall–Kier alpha value is -2.92. The fourth-order valence-electron chi connectivity index (χ4n) is 4.21. The van der Waals surface area contributed by atoms with Gasteiger partial charge in [-0.05, 0) is 61.0 Å². The van der Waals surface area contributed by atoms with Gasteiger partial charge in [-0.15, -0.1) is 11.3 Å². The van der Waals surface area contributed by atoms with Gasteiger partial charge in [0.1, 0.15) is 0 Å². The van der Waals surface area contributed by atoms with Crippen LogP contribution in [0.15, 0.2) is 66.0 Å². The quantitative estimate of drug-likeness (QED) is 0.571. The van der Waals surface area contributed by atoms with Crippen molar-refractivity contribution in [1.29, 1.82) is 0 Å². The van der Waals surface area contributed by atoms with E-state index in [2.05, 4.69) is 6.92 Å². The largest absolute Gasteiger partial charge is 0.305 e. The van der Waals surface area contributed by atoms with E-state index in [1.165, 1.54) is 11.3 Å². The molecule has 0 bridgehead atoms. The Labute approximate surface area is 175 Å². The molecular weight excluding hydrogens is 380 g/mol. The van der Waals surface area contributed by atoms with Crippen molar-refractivity contribution in [2.75, 3.05) is 9.80 Å². The molecule has 2 heterocycles. The lowest BCUT2D eigenvalue weighted by molar-refractivity contribution is -0.117. The van der Waals surface area contributed by atoms with Crippen molar-refractivity contribution in [1.82, 2.24) is 0 Å². The molecule has 2 amide bonds. The Kier molecular flexibility index (Phi) is 5.24. The van der Waals surface area contributed by atoms with Gasteiger partial charge in [0, 0.05) is 24.3 Å². The lowest BCUT2D eigenvalue weighted by atomic mass is 9.89. The van der Waals surface area contributed by atoms with Gasteiger partial charge in [-0.25, -0.2) is 0 Å². The number of para-hydroxylation sites is 2. The third-order valence-electron chi connectivity index (χ3n) is 5.52. The van der Waals surface area contributed by atoms with Crippen molar-refractivity contribution in [2.24, 2.45) is 0 Å². The number of benzene rings is 2. The van der Waals surface area contributed by atoms with Gasteiger partial charge in [-0.1, -0.05) is 36.4 Å². The molecular formula is C24H24N2O2S. The minimum Gasteiger partial charge on any atom is -0.305 e. The molecule has 3 aromatic rings. The summed E-state index contributed by atoms with van der Waals surface area (Å²) in [6.07, 6.45) is 0.682. The molecule has 1 aliphatic heterocycles. The maximum Gasteiger partial charge on any atom is 0.268 e. The van der Waals surface area contributed by atoms with Crippen LogP contribution in [-0.4, -0.2) is 17.9 Å². The highest BCUT2D eigenvalue weighted by molar-refractivity contribution is 7.12. The van der Waals surface area contributed by atoms with Crippen LogP contribution in [0.5, 0.6) is 0 Å². The number of anilines is 2. The maximum absolute atomic E-state index is 13.4. The van der Waals surface area contributed by atoms with E-state index < -0.39 is 0 Å². The second-order valence-electron chi connectivity index (χ2n) is 7.49. The van der Waals surface area contributed by atoms with Crippen LogP contribution in [0.4, 0.5) is 11.4 Å². The minimum absolute atomic E-state index is 0.00270. The zero-order chi connectivity index (χ0) is 20.5. The predicted molar refractivity (Wildman–Crippen MR) is 119 cm³/mol. The van der Waals surface area contributed by atoms with Crippen LogP contribution in [0.25, 0.3) is 0 Å². The maximum atomic E-state index is 13.4. The molecule has 0 saturated carbocycles. The molecule has 0 saturated heterocycles. The van der Waals surface area contributed by atoms with Crippen LogP contribution in [0.3, 0.4) is 0 Å². The van der Waals surface area contributed by atoms with E-state index in [9.17, 15) is 9.59 Å². The lowest BCUT2D eigenvalue weighted by Gasteiger charge is -2.43. The number of amides is 2. The van der Waals surface area contributed by atoms with E-state index in [1.54, 1.807) is 6.92 Å². The second kappa shape index (κ2) is 7.84. The molecule has 1 aromatic heterocycles. The highest BCUT2D eigenvalue weighted by Crippen LogP contribution is 2.43. The first-order valence-electron chi connectivity index (χ1n) is 9.80. The Bertz CT molecular complexity index is 1040. The second-order valence-corrected chi connectivity index (χ2v) is 8.41. The molecule has 148 valence electrons. The molecule has 1 aliphatic rings. The first-order chi connectivity index (χ1) is 14.0. The highest BCUT2D eigenvalue weighted by atomic mass is 32.1. The van der Waals surface area contributed by atoms with Crippen LogP contribution in [0.2, 0.25) is 0 Å². The number of fused-ring (bicyclic) bond motifs is 1. The summed E-state index contributed by atoms with van der Waals surface area (Å²) in [6, 6.07) is 19.5. The molecule has 2 aromatic carbocycles. The number of hydrogen-bond acceptors (Lipinski definition) is 3. The SMILES string of the molecule is CC(=O)N(c1ccccc1)[C@@H]1C[C@H](C)N(C(=O)c2sccc2C)c2ccccc21. The summed E-state index contributed by atoms with van der Waals surface area (Å²) in [5, 5.41) is 1.96. The molecule has 0 spiro atoms. The minimum atomic E-state index is -0.116. The third-order valence-corrected chi connectivity index (χ3v) is 6.53. The molecule has 0 unspecified atom stereocenters. The summed E-state index contributed by atoms with van der Waals surface area (Å²) >= 11 is 1.48. The van der Waals surface area contributed by atoms with Crippen molar-refractivity contribution < 1.29 is 9.59 Å². The summed E-state index contributed by atoms with van der Waals surface area (Å²) in [4.78, 5) is 30.6. The zero-order valence-corrected chi connectivity index (χ0v) is 17.6. The number of hydrogen-bond donors (Lipinski definition) is 0. The van der Waals surface area contributed by atoms with Gasteiger partial charge in [0.2, 0.25) is 5.91 Å². The summed E-state index contributed by atoms with van der Waals surface area (Å²) in [7, 11) is 0. The molecule has 2 atom stereocenters. The molecule has 4 nitrogen and oxygen atoms in total. The Morgan fingerprint density at radius 2 is 1.72 bits per heavy atom. The zero-order valence-electron chi connectivity index (χ0n) is 16.8. The molecule has 0 radical (unpaired) electrons. The summed E-state index contributed by atoms with van der Waals surface area (Å²) in [5.74, 6) is 0.0297. The molecule has 5 heteroatoms. The van der Waals surface area contributed by atoms with Gasteiger partial charge in [0.25, 0.3) is 5.91 Å². The van der Waals surface area contributed by atoms with Crippen molar-refractivity contribution in [3.05, 3.63) is 82.0 Å². The summed E-state index contributed by atoms with van der Waals surface area (Å²) in [6.45, 7) is 5.64. The average molecular weight is 405 g/mol. The Morgan fingerprint density at radius 1 is 1.03 bits per heavy atom. The Balaban J connectivity index is 1.80. The third kappa shape index (κ3) is 3.47. The monoisotopic (exact) mass is 404 g/mol. The number of carbonyl (C=O) groups is 2. The van der Waals surface area contributed by atoms with Crippen molar-refractivity contribution in [2.45, 2.75) is 39.3 Å². The number of nitrogens with zero attached hydrogens (tertiary/aromatic N) is 2. The van der Waals surface area contributed by atoms with Gasteiger partial charge in [0.15, 0.2) is 0 Å². The van der Waals surface area contributed by atoms with Crippen molar-refractivity contribution in [3.63, 3.8) is 0 Å². The first-order valence-corrected chi connectivity index (χ1v) is 10.7. The normalized spacial score (nSPS) is 18.2. The van der Waals surface area contributed by atoms with E-state index >= 15 is 0 Å². The van der Waals surface area contributed by atoms with Crippen molar-refractivity contribution >= 4 is 34.5 Å². The van der Waals surface area contributed by atoms with Gasteiger partial charge in [0.05, 0.1) is 10.9 Å². The molecule has 29 heavy (non-hydrogen) atoms. The molecule has 0 N–H and O–H groups in total.